The first-order valence-corrected chi connectivity index (χ1v) is 12.7. The van der Waals surface area contributed by atoms with Crippen molar-refractivity contribution in [1.82, 2.24) is 14.1 Å². The maximum Gasteiger partial charge on any atom is 0.246 e. The molecule has 8 nitrogen and oxygen atoms in total. The molecule has 0 N–H and O–H groups in total. The molecule has 0 aromatic heterocycles. The van der Waals surface area contributed by atoms with E-state index in [0.29, 0.717) is 32.2 Å². The summed E-state index contributed by atoms with van der Waals surface area (Å²) in [5, 5.41) is 0. The molecule has 0 radical (unpaired) electrons. The fraction of sp³-hybridized carbons (Fsp3) is 0.435. The number of carbonyl (C=O) groups excluding carboxylic acids is 1. The number of sulfonamides is 1. The Morgan fingerprint density at radius 3 is 2.09 bits per heavy atom. The Hall–Kier alpha value is -2.83. The van der Waals surface area contributed by atoms with Gasteiger partial charge in [-0.3, -0.25) is 9.69 Å². The van der Waals surface area contributed by atoms with Gasteiger partial charge in [-0.15, -0.1) is 0 Å². The van der Waals surface area contributed by atoms with Gasteiger partial charge in [0.1, 0.15) is 10.6 Å². The molecule has 0 saturated carbocycles. The zero-order valence-electron chi connectivity index (χ0n) is 19.3. The Morgan fingerprint density at radius 2 is 1.49 bits per heavy atom. The van der Waals surface area contributed by atoms with Gasteiger partial charge >= 0.3 is 0 Å². The molecule has 1 amide bonds. The molecule has 0 atom stereocenters. The monoisotopic (exact) mass is 512 g/mol. The third-order valence-electron chi connectivity index (χ3n) is 6.38. The molecule has 12 heteroatoms. The Morgan fingerprint density at radius 1 is 0.857 bits per heavy atom. The van der Waals surface area contributed by atoms with Crippen LogP contribution in [0.4, 0.5) is 18.9 Å². The molecule has 0 aliphatic carbocycles. The van der Waals surface area contributed by atoms with E-state index in [1.165, 1.54) is 0 Å². The lowest BCUT2D eigenvalue weighted by Crippen LogP contribution is -2.54. The van der Waals surface area contributed by atoms with Crippen LogP contribution in [0.2, 0.25) is 0 Å². The normalized spacial score (nSPS) is 18.1. The number of anilines is 1. The van der Waals surface area contributed by atoms with E-state index in [4.69, 9.17) is 4.74 Å². The zero-order chi connectivity index (χ0) is 25.2. The highest BCUT2D eigenvalue weighted by atomic mass is 32.2. The maximum atomic E-state index is 14.0. The summed E-state index contributed by atoms with van der Waals surface area (Å²) < 4.78 is 72.4. The van der Waals surface area contributed by atoms with Crippen molar-refractivity contribution in [2.75, 3.05) is 70.9 Å². The van der Waals surface area contributed by atoms with E-state index in [-0.39, 0.29) is 38.6 Å². The van der Waals surface area contributed by atoms with E-state index in [1.807, 2.05) is 29.2 Å². The van der Waals surface area contributed by atoms with Crippen molar-refractivity contribution in [3.63, 3.8) is 0 Å². The SMILES string of the molecule is COc1ccc(N2CCN(C(=O)CN3CCN(S(=O)(=O)c4ccc(F)c(F)c4F)CC3)CC2)cc1. The van der Waals surface area contributed by atoms with Gasteiger partial charge in [0.05, 0.1) is 13.7 Å². The Balaban J connectivity index is 1.27. The highest BCUT2D eigenvalue weighted by molar-refractivity contribution is 7.89. The Bertz CT molecular complexity index is 1160. The van der Waals surface area contributed by atoms with Gasteiger partial charge in [0.2, 0.25) is 15.9 Å². The summed E-state index contributed by atoms with van der Waals surface area (Å²) in [5.74, 6) is -4.25. The lowest BCUT2D eigenvalue weighted by atomic mass is 10.2. The van der Waals surface area contributed by atoms with E-state index >= 15 is 0 Å². The highest BCUT2D eigenvalue weighted by Gasteiger charge is 2.33. The molecule has 2 aliphatic rings. The second-order valence-electron chi connectivity index (χ2n) is 8.42. The Kier molecular flexibility index (Phi) is 7.53. The molecule has 2 saturated heterocycles. The third kappa shape index (κ3) is 5.39. The molecular weight excluding hydrogens is 485 g/mol. The Labute approximate surface area is 202 Å². The maximum absolute atomic E-state index is 14.0. The van der Waals surface area contributed by atoms with Crippen LogP contribution in [0.25, 0.3) is 0 Å². The molecule has 2 heterocycles. The predicted molar refractivity (Wildman–Crippen MR) is 123 cm³/mol. The average Bonchev–Trinajstić information content (AvgIpc) is 2.87. The van der Waals surface area contributed by atoms with E-state index in [9.17, 15) is 26.4 Å². The second-order valence-corrected chi connectivity index (χ2v) is 10.3. The minimum Gasteiger partial charge on any atom is -0.497 e. The first-order valence-electron chi connectivity index (χ1n) is 11.2. The summed E-state index contributed by atoms with van der Waals surface area (Å²) >= 11 is 0. The van der Waals surface area contributed by atoms with Gasteiger partial charge in [0, 0.05) is 58.0 Å². The zero-order valence-corrected chi connectivity index (χ0v) is 20.1. The number of amides is 1. The van der Waals surface area contributed by atoms with Crippen molar-refractivity contribution in [1.29, 1.82) is 0 Å². The molecule has 190 valence electrons. The van der Waals surface area contributed by atoms with Crippen LogP contribution < -0.4 is 9.64 Å². The molecule has 2 aromatic rings. The van der Waals surface area contributed by atoms with Crippen molar-refractivity contribution in [3.05, 3.63) is 53.8 Å². The van der Waals surface area contributed by atoms with Gasteiger partial charge in [-0.2, -0.15) is 4.31 Å². The molecule has 0 spiro atoms. The van der Waals surface area contributed by atoms with Crippen LogP contribution in [0, 0.1) is 17.5 Å². The minimum atomic E-state index is -4.33. The van der Waals surface area contributed by atoms with Gasteiger partial charge in [0.25, 0.3) is 0 Å². The first-order chi connectivity index (χ1) is 16.7. The van der Waals surface area contributed by atoms with Gasteiger partial charge < -0.3 is 14.5 Å². The van der Waals surface area contributed by atoms with Crippen LogP contribution in [0.3, 0.4) is 0 Å². The highest BCUT2D eigenvalue weighted by Crippen LogP contribution is 2.24. The predicted octanol–water partition coefficient (Wildman–Crippen LogP) is 1.77. The molecule has 0 bridgehead atoms. The fourth-order valence-electron chi connectivity index (χ4n) is 4.27. The van der Waals surface area contributed by atoms with Crippen molar-refractivity contribution >= 4 is 21.6 Å². The van der Waals surface area contributed by atoms with Gasteiger partial charge in [-0.1, -0.05) is 0 Å². The molecular formula is C23H27F3N4O4S. The van der Waals surface area contributed by atoms with E-state index in [1.54, 1.807) is 12.0 Å². The summed E-state index contributed by atoms with van der Waals surface area (Å²) in [6, 6.07) is 9.08. The summed E-state index contributed by atoms with van der Waals surface area (Å²) in [5.41, 5.74) is 1.06. The number of rotatable bonds is 6. The third-order valence-corrected chi connectivity index (χ3v) is 8.29. The van der Waals surface area contributed by atoms with Crippen molar-refractivity contribution in [2.24, 2.45) is 0 Å². The molecule has 0 unspecified atom stereocenters. The standard InChI is InChI=1S/C23H27F3N4O4S/c1-34-18-4-2-17(3-5-18)28-10-12-29(13-11-28)21(31)16-27-8-14-30(15-9-27)35(32,33)20-7-6-19(24)22(25)23(20)26/h2-7H,8-16H2,1H3. The van der Waals surface area contributed by atoms with Crippen LogP contribution in [-0.4, -0.2) is 94.4 Å². The topological polar surface area (TPSA) is 73.4 Å². The summed E-state index contributed by atoms with van der Waals surface area (Å²) in [6.45, 7) is 3.26. The summed E-state index contributed by atoms with van der Waals surface area (Å²) in [7, 11) is -2.71. The number of piperazine rings is 2. The van der Waals surface area contributed by atoms with Crippen LogP contribution in [0.1, 0.15) is 0 Å². The van der Waals surface area contributed by atoms with E-state index in [0.717, 1.165) is 21.8 Å². The van der Waals surface area contributed by atoms with E-state index < -0.39 is 32.4 Å². The van der Waals surface area contributed by atoms with E-state index in [2.05, 4.69) is 4.90 Å². The molecule has 4 rings (SSSR count). The van der Waals surface area contributed by atoms with Crippen LogP contribution in [0.15, 0.2) is 41.3 Å². The number of benzene rings is 2. The number of methoxy groups -OCH3 is 1. The van der Waals surface area contributed by atoms with Crippen molar-refractivity contribution in [3.8, 4) is 5.75 Å². The number of nitrogens with zero attached hydrogens (tertiary/aromatic N) is 4. The number of halogens is 3. The number of ether oxygens (including phenoxy) is 1. The van der Waals surface area contributed by atoms with Crippen molar-refractivity contribution < 1.29 is 31.1 Å². The lowest BCUT2D eigenvalue weighted by Gasteiger charge is -2.38. The van der Waals surface area contributed by atoms with Gasteiger partial charge in [-0.05, 0) is 36.4 Å². The molecule has 35 heavy (non-hydrogen) atoms. The number of carbonyl (C=O) groups is 1. The second kappa shape index (κ2) is 10.4. The van der Waals surface area contributed by atoms with Crippen LogP contribution in [-0.2, 0) is 14.8 Å². The number of hydrogen-bond acceptors (Lipinski definition) is 6. The number of hydrogen-bond donors (Lipinski definition) is 0. The van der Waals surface area contributed by atoms with Crippen molar-refractivity contribution in [2.45, 2.75) is 4.90 Å². The molecule has 2 aromatic carbocycles. The molecule has 2 aliphatic heterocycles. The van der Waals surface area contributed by atoms with Crippen LogP contribution >= 0.6 is 0 Å². The fourth-order valence-corrected chi connectivity index (χ4v) is 5.75. The molecule has 2 fully saturated rings. The lowest BCUT2D eigenvalue weighted by molar-refractivity contribution is -0.133. The van der Waals surface area contributed by atoms with Gasteiger partial charge in [-0.25, -0.2) is 21.6 Å². The smallest absolute Gasteiger partial charge is 0.246 e. The average molecular weight is 513 g/mol. The first kappa shape index (κ1) is 25.3. The largest absolute Gasteiger partial charge is 0.497 e. The quantitative estimate of drug-likeness (QED) is 0.550. The van der Waals surface area contributed by atoms with Gasteiger partial charge in [0.15, 0.2) is 17.5 Å². The minimum absolute atomic E-state index is 0.0132. The van der Waals surface area contributed by atoms with Crippen LogP contribution in [0.5, 0.6) is 5.75 Å². The summed E-state index contributed by atoms with van der Waals surface area (Å²) in [4.78, 5) is 17.7. The summed E-state index contributed by atoms with van der Waals surface area (Å²) in [6.07, 6.45) is 0.